The van der Waals surface area contributed by atoms with E-state index in [1.165, 1.54) is 83.1 Å². The number of unbranched alkanes of at least 4 members (excludes halogenated alkanes) is 11. The van der Waals surface area contributed by atoms with Crippen molar-refractivity contribution in [2.24, 2.45) is 0 Å². The number of benzene rings is 1. The number of rotatable bonds is 15. The highest BCUT2D eigenvalue weighted by atomic mass is 16.3. The molecule has 0 bridgehead atoms. The summed E-state index contributed by atoms with van der Waals surface area (Å²) in [5.74, 6) is 0.315. The van der Waals surface area contributed by atoms with Crippen LogP contribution in [0.4, 0.5) is 0 Å². The molecule has 0 amide bonds. The molecule has 1 aromatic rings. The van der Waals surface area contributed by atoms with Gasteiger partial charge in [-0.1, -0.05) is 70.4 Å². The molecule has 2 heteroatoms. The van der Waals surface area contributed by atoms with Crippen LogP contribution in [0.2, 0.25) is 0 Å². The van der Waals surface area contributed by atoms with Crippen LogP contribution in [-0.2, 0) is 6.42 Å². The summed E-state index contributed by atoms with van der Waals surface area (Å²) in [7, 11) is 0. The highest BCUT2D eigenvalue weighted by Gasteiger charge is 1.99. The zero-order valence-electron chi connectivity index (χ0n) is 16.2. The van der Waals surface area contributed by atoms with Crippen LogP contribution in [0.5, 0.6) is 11.5 Å². The normalized spacial score (nSPS) is 11.4. The molecule has 0 unspecified atom stereocenters. The number of hydrogen-bond acceptors (Lipinski definition) is 2. The second kappa shape index (κ2) is 14.9. The van der Waals surface area contributed by atoms with E-state index >= 15 is 0 Å². The van der Waals surface area contributed by atoms with Gasteiger partial charge in [-0.25, -0.2) is 0 Å². The molecule has 1 aromatic carbocycles. The van der Waals surface area contributed by atoms with Gasteiger partial charge in [0, 0.05) is 6.07 Å². The maximum atomic E-state index is 9.45. The third-order valence-corrected chi connectivity index (χ3v) is 4.69. The molecule has 0 aliphatic rings. The monoisotopic (exact) mass is 346 g/mol. The lowest BCUT2D eigenvalue weighted by Crippen LogP contribution is -1.86. The van der Waals surface area contributed by atoms with Crippen LogP contribution in [-0.4, -0.2) is 10.2 Å². The predicted octanol–water partition coefficient (Wildman–Crippen LogP) is 7.29. The van der Waals surface area contributed by atoms with Crippen molar-refractivity contribution in [3.05, 3.63) is 35.9 Å². The number of phenols is 2. The Morgan fingerprint density at radius 1 is 0.640 bits per heavy atom. The lowest BCUT2D eigenvalue weighted by Gasteiger charge is -2.04. The quantitative estimate of drug-likeness (QED) is 0.258. The van der Waals surface area contributed by atoms with Crippen molar-refractivity contribution in [3.63, 3.8) is 0 Å². The van der Waals surface area contributed by atoms with E-state index in [-0.39, 0.29) is 11.5 Å². The summed E-state index contributed by atoms with van der Waals surface area (Å²) < 4.78 is 0. The Morgan fingerprint density at radius 3 is 1.68 bits per heavy atom. The van der Waals surface area contributed by atoms with E-state index in [0.717, 1.165) is 18.4 Å². The van der Waals surface area contributed by atoms with Crippen molar-refractivity contribution in [3.8, 4) is 11.5 Å². The highest BCUT2D eigenvalue weighted by Crippen LogP contribution is 2.22. The fourth-order valence-electron chi connectivity index (χ4n) is 3.20. The Morgan fingerprint density at radius 2 is 1.12 bits per heavy atom. The average Bonchev–Trinajstić information content (AvgIpc) is 2.57. The first-order valence-electron chi connectivity index (χ1n) is 10.4. The second-order valence-corrected chi connectivity index (χ2v) is 7.19. The summed E-state index contributed by atoms with van der Waals surface area (Å²) in [4.78, 5) is 0. The first-order chi connectivity index (χ1) is 12.2. The molecule has 0 saturated heterocycles. The summed E-state index contributed by atoms with van der Waals surface area (Å²) >= 11 is 0. The van der Waals surface area contributed by atoms with E-state index in [1.54, 1.807) is 12.1 Å². The molecule has 2 nitrogen and oxygen atoms in total. The molecule has 25 heavy (non-hydrogen) atoms. The summed E-state index contributed by atoms with van der Waals surface area (Å²) in [6.45, 7) is 2.26. The molecule has 0 aliphatic heterocycles. The van der Waals surface area contributed by atoms with Gasteiger partial charge in [0.15, 0.2) is 0 Å². The van der Waals surface area contributed by atoms with Crippen LogP contribution in [0.3, 0.4) is 0 Å². The van der Waals surface area contributed by atoms with Crippen molar-refractivity contribution in [1.82, 2.24) is 0 Å². The standard InChI is InChI=1S/C23H38O2/c1-2-3-4-5-6-7-8-9-10-11-12-13-14-15-16-17-21-18-22(24)20-23(25)19-21/h7-8,18-20,24-25H,2-6,9-17H2,1H3/b8-7+. The molecule has 142 valence electrons. The Labute approximate surface area is 155 Å². The zero-order valence-corrected chi connectivity index (χ0v) is 16.2. The van der Waals surface area contributed by atoms with Crippen LogP contribution < -0.4 is 0 Å². The van der Waals surface area contributed by atoms with Crippen molar-refractivity contribution in [1.29, 1.82) is 0 Å². The summed E-state index contributed by atoms with van der Waals surface area (Å²) in [5.41, 5.74) is 1.03. The van der Waals surface area contributed by atoms with E-state index < -0.39 is 0 Å². The van der Waals surface area contributed by atoms with E-state index in [9.17, 15) is 10.2 Å². The predicted molar refractivity (Wildman–Crippen MR) is 108 cm³/mol. The largest absolute Gasteiger partial charge is 0.508 e. The second-order valence-electron chi connectivity index (χ2n) is 7.19. The van der Waals surface area contributed by atoms with Crippen LogP contribution in [0.1, 0.15) is 96.0 Å². The van der Waals surface area contributed by atoms with E-state index in [1.807, 2.05) is 0 Å². The topological polar surface area (TPSA) is 40.5 Å². The third-order valence-electron chi connectivity index (χ3n) is 4.69. The van der Waals surface area contributed by atoms with Crippen molar-refractivity contribution in [2.45, 2.75) is 96.8 Å². The van der Waals surface area contributed by atoms with Gasteiger partial charge in [0.1, 0.15) is 11.5 Å². The van der Waals surface area contributed by atoms with Crippen molar-refractivity contribution >= 4 is 0 Å². The minimum Gasteiger partial charge on any atom is -0.508 e. The molecule has 0 heterocycles. The smallest absolute Gasteiger partial charge is 0.119 e. The Hall–Kier alpha value is -1.44. The number of phenolic OH excluding ortho intramolecular Hbond substituents is 2. The molecule has 0 fully saturated rings. The average molecular weight is 347 g/mol. The lowest BCUT2D eigenvalue weighted by atomic mass is 10.0. The molecule has 0 aromatic heterocycles. The Bertz CT molecular complexity index is 445. The number of aromatic hydroxyl groups is 2. The summed E-state index contributed by atoms with van der Waals surface area (Å²) in [6.07, 6.45) is 22.6. The van der Waals surface area contributed by atoms with Gasteiger partial charge in [-0.05, 0) is 56.2 Å². The highest BCUT2D eigenvalue weighted by molar-refractivity contribution is 5.36. The van der Waals surface area contributed by atoms with Crippen LogP contribution in [0, 0.1) is 0 Å². The fraction of sp³-hybridized carbons (Fsp3) is 0.652. The van der Waals surface area contributed by atoms with Crippen molar-refractivity contribution < 1.29 is 10.2 Å². The molecular weight excluding hydrogens is 308 g/mol. The lowest BCUT2D eigenvalue weighted by molar-refractivity contribution is 0.449. The van der Waals surface area contributed by atoms with Gasteiger partial charge in [0.25, 0.3) is 0 Å². The zero-order chi connectivity index (χ0) is 18.2. The molecule has 0 spiro atoms. The molecule has 2 N–H and O–H groups in total. The van der Waals surface area contributed by atoms with Gasteiger partial charge in [0.2, 0.25) is 0 Å². The Balaban J connectivity index is 1.86. The van der Waals surface area contributed by atoms with Crippen LogP contribution in [0.15, 0.2) is 30.4 Å². The molecule has 0 radical (unpaired) electrons. The Kier molecular flexibility index (Phi) is 12.8. The molecular formula is C23H38O2. The minimum absolute atomic E-state index is 0.157. The molecule has 0 saturated carbocycles. The van der Waals surface area contributed by atoms with E-state index in [0.29, 0.717) is 0 Å². The van der Waals surface area contributed by atoms with Gasteiger partial charge in [0.05, 0.1) is 0 Å². The minimum atomic E-state index is 0.157. The maximum absolute atomic E-state index is 9.45. The molecule has 0 aliphatic carbocycles. The SMILES string of the molecule is CCCCCC/C=C/CCCCCCCCCc1cc(O)cc(O)c1. The number of aryl methyl sites for hydroxylation is 1. The van der Waals surface area contributed by atoms with Gasteiger partial charge in [-0.15, -0.1) is 0 Å². The van der Waals surface area contributed by atoms with Gasteiger partial charge >= 0.3 is 0 Å². The summed E-state index contributed by atoms with van der Waals surface area (Å²) in [5, 5.41) is 18.9. The van der Waals surface area contributed by atoms with Crippen molar-refractivity contribution in [2.75, 3.05) is 0 Å². The van der Waals surface area contributed by atoms with Gasteiger partial charge < -0.3 is 10.2 Å². The van der Waals surface area contributed by atoms with E-state index in [2.05, 4.69) is 19.1 Å². The van der Waals surface area contributed by atoms with Gasteiger partial charge in [-0.3, -0.25) is 0 Å². The van der Waals surface area contributed by atoms with Gasteiger partial charge in [-0.2, -0.15) is 0 Å². The first-order valence-corrected chi connectivity index (χ1v) is 10.4. The first kappa shape index (κ1) is 21.6. The van der Waals surface area contributed by atoms with Crippen LogP contribution >= 0.6 is 0 Å². The number of allylic oxidation sites excluding steroid dienone is 2. The van der Waals surface area contributed by atoms with Crippen LogP contribution in [0.25, 0.3) is 0 Å². The maximum Gasteiger partial charge on any atom is 0.119 e. The fourth-order valence-corrected chi connectivity index (χ4v) is 3.20. The number of hydrogen-bond donors (Lipinski definition) is 2. The third kappa shape index (κ3) is 12.6. The molecule has 0 atom stereocenters. The molecule has 1 rings (SSSR count). The van der Waals surface area contributed by atoms with E-state index in [4.69, 9.17) is 0 Å². The summed E-state index contributed by atoms with van der Waals surface area (Å²) in [6, 6.07) is 4.87.